The first-order valence-corrected chi connectivity index (χ1v) is 27.1. The monoisotopic (exact) mass is 978 g/mol. The molecule has 4 heteroatoms. The average Bonchev–Trinajstić information content (AvgIpc) is 4.49. The van der Waals surface area contributed by atoms with Crippen LogP contribution in [0.5, 0.6) is 0 Å². The molecule has 0 fully saturated rings. The topological polar surface area (TPSA) is 19.7 Å². The SMILES string of the molecule is C1=CC2=C(CC1)C1(c3ccccc32)c2cc3c(cc2-c2cc4c5ccccc5n(-c5ccc6c(c5)c5ccccc5n6-c5ccccc5)c4cc21)c1ccccc1n3-c1ccc2c(c1)c1ccccc1n2-c1ccccc1. The maximum Gasteiger partial charge on any atom is 0.0690 e. The summed E-state index contributed by atoms with van der Waals surface area (Å²) in [7, 11) is 0. The molecule has 18 rings (SSSR count). The number of hydrogen-bond donors (Lipinski definition) is 0. The summed E-state index contributed by atoms with van der Waals surface area (Å²) in [5.74, 6) is 0. The van der Waals surface area contributed by atoms with Gasteiger partial charge in [0.2, 0.25) is 0 Å². The Balaban J connectivity index is 0.926. The maximum atomic E-state index is 2.61. The fourth-order valence-electron chi connectivity index (χ4n) is 14.8. The van der Waals surface area contributed by atoms with Gasteiger partial charge in [0, 0.05) is 65.8 Å². The molecule has 0 unspecified atom stereocenters. The Labute approximate surface area is 443 Å². The molecular weight excluding hydrogens is 933 g/mol. The van der Waals surface area contributed by atoms with Crippen LogP contribution in [-0.2, 0) is 5.41 Å². The lowest BCUT2D eigenvalue weighted by atomic mass is 9.68. The Morgan fingerprint density at radius 2 is 0.662 bits per heavy atom. The quantitative estimate of drug-likeness (QED) is 0.167. The molecule has 0 saturated carbocycles. The van der Waals surface area contributed by atoms with Crippen molar-refractivity contribution in [2.75, 3.05) is 0 Å². The highest BCUT2D eigenvalue weighted by molar-refractivity contribution is 6.17. The van der Waals surface area contributed by atoms with E-state index in [2.05, 4.69) is 273 Å². The zero-order chi connectivity index (χ0) is 50.1. The van der Waals surface area contributed by atoms with E-state index in [0.717, 1.165) is 35.6 Å². The Bertz CT molecular complexity index is 4870. The van der Waals surface area contributed by atoms with Gasteiger partial charge in [0.1, 0.15) is 0 Å². The molecule has 3 aliphatic carbocycles. The summed E-state index contributed by atoms with van der Waals surface area (Å²) in [6.45, 7) is 0. The Kier molecular flexibility index (Phi) is 8.14. The van der Waals surface area contributed by atoms with Gasteiger partial charge in [-0.2, -0.15) is 0 Å². The molecule has 0 saturated heterocycles. The van der Waals surface area contributed by atoms with Crippen LogP contribution >= 0.6 is 0 Å². The third-order valence-electron chi connectivity index (χ3n) is 17.8. The van der Waals surface area contributed by atoms with E-state index in [0.29, 0.717) is 0 Å². The lowest BCUT2D eigenvalue weighted by molar-refractivity contribution is 0.715. The summed E-state index contributed by atoms with van der Waals surface area (Å²) < 4.78 is 9.93. The molecule has 0 radical (unpaired) electrons. The minimum Gasteiger partial charge on any atom is -0.309 e. The molecule has 0 amide bonds. The van der Waals surface area contributed by atoms with Crippen molar-refractivity contribution in [3.63, 3.8) is 0 Å². The van der Waals surface area contributed by atoms with Crippen molar-refractivity contribution in [3.8, 4) is 33.9 Å². The van der Waals surface area contributed by atoms with Crippen LogP contribution in [0.4, 0.5) is 0 Å². The molecule has 0 aliphatic heterocycles. The van der Waals surface area contributed by atoms with Gasteiger partial charge in [0.15, 0.2) is 0 Å². The van der Waals surface area contributed by atoms with Crippen LogP contribution in [0.3, 0.4) is 0 Å². The second-order valence-electron chi connectivity index (χ2n) is 21.4. The fourth-order valence-corrected chi connectivity index (χ4v) is 14.8. The number of allylic oxidation sites excluding steroid dienone is 4. The highest BCUT2D eigenvalue weighted by atomic mass is 15.0. The number of fused-ring (bicyclic) bond motifs is 21. The second kappa shape index (κ2) is 15.1. The lowest BCUT2D eigenvalue weighted by Gasteiger charge is -2.33. The zero-order valence-corrected chi connectivity index (χ0v) is 42.0. The largest absolute Gasteiger partial charge is 0.309 e. The van der Waals surface area contributed by atoms with E-state index in [1.165, 1.54) is 132 Å². The van der Waals surface area contributed by atoms with Crippen LogP contribution in [0.2, 0.25) is 0 Å². The summed E-state index contributed by atoms with van der Waals surface area (Å²) >= 11 is 0. The van der Waals surface area contributed by atoms with E-state index < -0.39 is 5.41 Å². The summed E-state index contributed by atoms with van der Waals surface area (Å²) in [4.78, 5) is 0. The Hall–Kier alpha value is -9.90. The minimum atomic E-state index is -0.508. The first-order valence-electron chi connectivity index (χ1n) is 27.1. The van der Waals surface area contributed by atoms with Crippen molar-refractivity contribution in [1.29, 1.82) is 0 Å². The van der Waals surface area contributed by atoms with Crippen LogP contribution in [0, 0.1) is 0 Å². The molecule has 11 aromatic carbocycles. The van der Waals surface area contributed by atoms with Crippen LogP contribution in [0.25, 0.3) is 127 Å². The number of para-hydroxylation sites is 6. The van der Waals surface area contributed by atoms with Crippen molar-refractivity contribution in [2.45, 2.75) is 18.3 Å². The predicted molar refractivity (Wildman–Crippen MR) is 321 cm³/mol. The van der Waals surface area contributed by atoms with E-state index >= 15 is 0 Å². The molecule has 0 bridgehead atoms. The molecule has 77 heavy (non-hydrogen) atoms. The first kappa shape index (κ1) is 41.5. The lowest BCUT2D eigenvalue weighted by Crippen LogP contribution is -2.28. The van der Waals surface area contributed by atoms with Crippen molar-refractivity contribution in [1.82, 2.24) is 18.3 Å². The molecule has 0 N–H and O–H groups in total. The van der Waals surface area contributed by atoms with Crippen molar-refractivity contribution >= 4 is 92.8 Å². The average molecular weight is 979 g/mol. The molecular formula is C73H46N4. The Morgan fingerprint density at radius 3 is 1.14 bits per heavy atom. The van der Waals surface area contributed by atoms with E-state index in [1.54, 1.807) is 0 Å². The van der Waals surface area contributed by atoms with Crippen LogP contribution < -0.4 is 0 Å². The van der Waals surface area contributed by atoms with Gasteiger partial charge in [0.05, 0.1) is 49.5 Å². The highest BCUT2D eigenvalue weighted by Gasteiger charge is 2.53. The Morgan fingerprint density at radius 1 is 0.273 bits per heavy atom. The van der Waals surface area contributed by atoms with Gasteiger partial charge in [-0.05, 0) is 167 Å². The molecule has 3 aliphatic rings. The number of aromatic nitrogens is 4. The molecule has 1 spiro atoms. The number of hydrogen-bond acceptors (Lipinski definition) is 0. The first-order chi connectivity index (χ1) is 38.2. The molecule has 4 heterocycles. The number of benzene rings is 11. The standard InChI is InChI=1S/C73H46N4/c1-3-19-45(20-4-1)74-65-31-15-9-25-51(65)57-39-47(35-37-69(57)74)76-67-33-17-11-27-53(67)59-41-55-56-42-60-54-28-12-18-34-68(54)77(48-36-38-70-58(40-48)52-26-10-16-32-66(52)75(70)46-21-5-2-6-22-46)72(60)44-64(56)73(63(55)43-71(59)76)61-29-13-7-23-49(61)50-24-8-14-30-62(50)73/h1-13,15-29,31-44H,14,30H2. The minimum absolute atomic E-state index is 0.508. The van der Waals surface area contributed by atoms with Gasteiger partial charge in [-0.25, -0.2) is 0 Å². The van der Waals surface area contributed by atoms with Crippen molar-refractivity contribution in [2.24, 2.45) is 0 Å². The summed E-state index contributed by atoms with van der Waals surface area (Å²) in [6.07, 6.45) is 6.82. The summed E-state index contributed by atoms with van der Waals surface area (Å²) in [6, 6.07) is 91.3. The van der Waals surface area contributed by atoms with Gasteiger partial charge in [-0.3, -0.25) is 0 Å². The fraction of sp³-hybridized carbons (Fsp3) is 0.0411. The van der Waals surface area contributed by atoms with Gasteiger partial charge >= 0.3 is 0 Å². The van der Waals surface area contributed by atoms with E-state index in [-0.39, 0.29) is 0 Å². The predicted octanol–water partition coefficient (Wildman–Crippen LogP) is 18.5. The smallest absolute Gasteiger partial charge is 0.0690 e. The van der Waals surface area contributed by atoms with E-state index in [9.17, 15) is 0 Å². The molecule has 4 aromatic heterocycles. The number of rotatable bonds is 4. The van der Waals surface area contributed by atoms with Gasteiger partial charge in [-0.15, -0.1) is 0 Å². The maximum absolute atomic E-state index is 2.61. The van der Waals surface area contributed by atoms with Crippen LogP contribution in [-0.4, -0.2) is 18.3 Å². The van der Waals surface area contributed by atoms with Gasteiger partial charge in [-0.1, -0.05) is 146 Å². The third kappa shape index (κ3) is 5.31. The summed E-state index contributed by atoms with van der Waals surface area (Å²) in [5.41, 5.74) is 24.8. The van der Waals surface area contributed by atoms with Gasteiger partial charge < -0.3 is 18.3 Å². The molecule has 15 aromatic rings. The van der Waals surface area contributed by atoms with Crippen LogP contribution in [0.1, 0.15) is 35.1 Å². The molecule has 0 atom stereocenters. The highest BCUT2D eigenvalue weighted by Crippen LogP contribution is 2.65. The zero-order valence-electron chi connectivity index (χ0n) is 42.0. The van der Waals surface area contributed by atoms with Crippen molar-refractivity contribution < 1.29 is 0 Å². The second-order valence-corrected chi connectivity index (χ2v) is 21.4. The normalized spacial score (nSPS) is 14.4. The number of nitrogens with zero attached hydrogens (tertiary/aromatic N) is 4. The van der Waals surface area contributed by atoms with Gasteiger partial charge in [0.25, 0.3) is 0 Å². The third-order valence-corrected chi connectivity index (χ3v) is 17.8. The van der Waals surface area contributed by atoms with Crippen LogP contribution in [0.15, 0.2) is 260 Å². The van der Waals surface area contributed by atoms with E-state index in [4.69, 9.17) is 0 Å². The van der Waals surface area contributed by atoms with E-state index in [1.807, 2.05) is 0 Å². The van der Waals surface area contributed by atoms with Crippen molar-refractivity contribution in [3.05, 3.63) is 283 Å². The molecule has 358 valence electrons. The summed E-state index contributed by atoms with van der Waals surface area (Å²) in [5, 5.41) is 10.0. The molecule has 4 nitrogen and oxygen atoms in total.